The summed E-state index contributed by atoms with van der Waals surface area (Å²) in [4.78, 5) is 42.0. The predicted molar refractivity (Wildman–Crippen MR) is 161 cm³/mol. The van der Waals surface area contributed by atoms with E-state index in [1.54, 1.807) is 75.5 Å². The van der Waals surface area contributed by atoms with Crippen molar-refractivity contribution in [3.05, 3.63) is 88.6 Å². The van der Waals surface area contributed by atoms with Crippen LogP contribution in [0, 0.1) is 0 Å². The van der Waals surface area contributed by atoms with Gasteiger partial charge in [-0.15, -0.1) is 0 Å². The summed E-state index contributed by atoms with van der Waals surface area (Å²) >= 11 is 6.52. The summed E-state index contributed by atoms with van der Waals surface area (Å²) in [6.45, 7) is 4.41. The Bertz CT molecular complexity index is 1600. The molecule has 0 bridgehead atoms. The monoisotopic (exact) mass is 624 g/mol. The fourth-order valence-electron chi connectivity index (χ4n) is 4.72. The second-order valence-corrected chi connectivity index (χ2v) is 12.1. The number of fused-ring (bicyclic) bond motifs is 1. The summed E-state index contributed by atoms with van der Waals surface area (Å²) in [6, 6.07) is 13.8. The number of anilines is 1. The zero-order chi connectivity index (χ0) is 31.6. The predicted octanol–water partition coefficient (Wildman–Crippen LogP) is 6.02. The molecular weight excluding hydrogens is 594 g/mol. The van der Waals surface area contributed by atoms with Crippen LogP contribution in [-0.2, 0) is 22.5 Å². The van der Waals surface area contributed by atoms with E-state index in [1.165, 1.54) is 6.08 Å². The van der Waals surface area contributed by atoms with Crippen LogP contribution >= 0.6 is 11.6 Å². The maximum absolute atomic E-state index is 13.1. The van der Waals surface area contributed by atoms with Gasteiger partial charge in [-0.25, -0.2) is 18.6 Å². The van der Waals surface area contributed by atoms with Gasteiger partial charge < -0.3 is 19.7 Å². The number of benzene rings is 2. The van der Waals surface area contributed by atoms with Crippen LogP contribution < -0.4 is 15.4 Å². The molecule has 1 fully saturated rings. The number of nitrogens with zero attached hydrogens (tertiary/aromatic N) is 2. The molecule has 1 unspecified atom stereocenters. The second-order valence-electron chi connectivity index (χ2n) is 11.7. The summed E-state index contributed by atoms with van der Waals surface area (Å²) in [5, 5.41) is 5.75. The van der Waals surface area contributed by atoms with Crippen LogP contribution in [0.5, 0.6) is 5.75 Å². The number of likely N-dealkylation sites (tertiary alicyclic amines) is 1. The Morgan fingerprint density at radius 1 is 1.11 bits per heavy atom. The summed E-state index contributed by atoms with van der Waals surface area (Å²) < 4.78 is 37.4. The van der Waals surface area contributed by atoms with Crippen molar-refractivity contribution in [3.63, 3.8) is 0 Å². The number of alkyl halides is 2. The van der Waals surface area contributed by atoms with E-state index >= 15 is 0 Å². The van der Waals surface area contributed by atoms with Gasteiger partial charge in [-0.3, -0.25) is 14.9 Å². The van der Waals surface area contributed by atoms with Crippen molar-refractivity contribution >= 4 is 35.3 Å². The number of hydrogen-bond acceptors (Lipinski definition) is 6. The molecule has 3 heterocycles. The van der Waals surface area contributed by atoms with Crippen molar-refractivity contribution in [3.8, 4) is 16.9 Å². The van der Waals surface area contributed by atoms with E-state index in [0.717, 1.165) is 27.2 Å². The largest absolute Gasteiger partial charge is 0.484 e. The fourth-order valence-corrected chi connectivity index (χ4v) is 5.00. The van der Waals surface area contributed by atoms with Crippen LogP contribution in [-0.4, -0.2) is 58.5 Å². The molecule has 44 heavy (non-hydrogen) atoms. The number of ether oxygens (including phenoxy) is 2. The molecule has 230 valence electrons. The highest BCUT2D eigenvalue weighted by atomic mass is 35.5. The first kappa shape index (κ1) is 30.9. The first-order valence-electron chi connectivity index (χ1n) is 13.9. The molecule has 1 atom stereocenters. The van der Waals surface area contributed by atoms with E-state index in [-0.39, 0.29) is 12.5 Å². The van der Waals surface area contributed by atoms with Gasteiger partial charge in [-0.1, -0.05) is 29.8 Å². The quantitative estimate of drug-likeness (QED) is 0.311. The lowest BCUT2D eigenvalue weighted by Gasteiger charge is -2.38. The molecule has 1 aromatic heterocycles. The van der Waals surface area contributed by atoms with Gasteiger partial charge in [0.05, 0.1) is 18.1 Å². The molecule has 5 rings (SSSR count). The first-order chi connectivity index (χ1) is 20.7. The van der Waals surface area contributed by atoms with Crippen LogP contribution in [0.2, 0.25) is 5.02 Å². The van der Waals surface area contributed by atoms with Gasteiger partial charge in [-0.2, -0.15) is 0 Å². The van der Waals surface area contributed by atoms with Crippen LogP contribution in [0.15, 0.2) is 66.9 Å². The Balaban J connectivity index is 1.12. The number of nitrogens with one attached hydrogen (secondary N) is 2. The van der Waals surface area contributed by atoms with Gasteiger partial charge in [0.2, 0.25) is 5.91 Å². The van der Waals surface area contributed by atoms with E-state index in [4.69, 9.17) is 21.1 Å². The molecule has 2 aliphatic heterocycles. The van der Waals surface area contributed by atoms with Crippen LogP contribution in [0.4, 0.5) is 19.4 Å². The molecule has 1 saturated heterocycles. The molecule has 2 aliphatic rings. The zero-order valence-electron chi connectivity index (χ0n) is 24.3. The summed E-state index contributed by atoms with van der Waals surface area (Å²) in [6.07, 6.45) is 4.12. The van der Waals surface area contributed by atoms with Crippen molar-refractivity contribution in [1.82, 2.24) is 15.2 Å². The molecule has 9 nitrogen and oxygen atoms in total. The third kappa shape index (κ3) is 7.71. The van der Waals surface area contributed by atoms with Crippen LogP contribution in [0.3, 0.4) is 0 Å². The van der Waals surface area contributed by atoms with Gasteiger partial charge in [0.25, 0.3) is 11.8 Å². The first-order valence-corrected chi connectivity index (χ1v) is 14.3. The van der Waals surface area contributed by atoms with Crippen molar-refractivity contribution in [2.75, 3.05) is 18.4 Å². The number of aromatic nitrogens is 1. The second kappa shape index (κ2) is 12.2. The minimum absolute atomic E-state index is 0.235. The van der Waals surface area contributed by atoms with Crippen LogP contribution in [0.1, 0.15) is 42.3 Å². The SMILES string of the molecule is CC(C)(C)OC(=O)Nc1ccc(CNC(=O)/C=C/C2Cc3cc(-c4ccc(C(=O)N5CC(F)(F)C5)cc4)cc(Cl)c3O2)cn1. The number of carbonyl (C=O) groups excluding carboxylic acids is 3. The zero-order valence-corrected chi connectivity index (χ0v) is 25.1. The van der Waals surface area contributed by atoms with Gasteiger partial charge in [0, 0.05) is 36.4 Å². The Hall–Kier alpha value is -4.51. The fraction of sp³-hybridized carbons (Fsp3) is 0.312. The highest BCUT2D eigenvalue weighted by molar-refractivity contribution is 6.32. The lowest BCUT2D eigenvalue weighted by molar-refractivity contribution is -0.116. The molecule has 3 amide bonds. The number of carbonyl (C=O) groups is 3. The summed E-state index contributed by atoms with van der Waals surface area (Å²) in [5.74, 6) is -2.68. The average molecular weight is 625 g/mol. The molecular formula is C32H31ClF2N4O5. The molecule has 0 aliphatic carbocycles. The molecule has 2 N–H and O–H groups in total. The maximum Gasteiger partial charge on any atom is 0.413 e. The Labute approximate surface area is 258 Å². The molecule has 0 saturated carbocycles. The van der Waals surface area contributed by atoms with Crippen LogP contribution in [0.25, 0.3) is 11.1 Å². The minimum atomic E-state index is -2.81. The van der Waals surface area contributed by atoms with E-state index < -0.39 is 42.7 Å². The van der Waals surface area contributed by atoms with E-state index in [2.05, 4.69) is 15.6 Å². The molecule has 0 radical (unpaired) electrons. The smallest absolute Gasteiger partial charge is 0.413 e. The standard InChI is InChI=1S/C32H31ClF2N4O5/c1-31(2,3)44-30(42)38-26-10-4-19(15-36-26)16-37-27(40)11-9-24-13-23-12-22(14-25(33)28(23)43-24)20-5-7-21(8-6-20)29(41)39-17-32(34,35)18-39/h4-12,14-15,24H,13,16-18H2,1-3H3,(H,37,40)(H,36,38,42)/b11-9+. The van der Waals surface area contributed by atoms with Gasteiger partial charge >= 0.3 is 6.09 Å². The highest BCUT2D eigenvalue weighted by Gasteiger charge is 2.46. The molecule has 2 aromatic carbocycles. The Morgan fingerprint density at radius 3 is 2.48 bits per heavy atom. The molecule has 12 heteroatoms. The van der Waals surface area contributed by atoms with Crippen molar-refractivity contribution in [1.29, 1.82) is 0 Å². The number of amides is 3. The van der Waals surface area contributed by atoms with E-state index in [1.807, 2.05) is 6.07 Å². The topological polar surface area (TPSA) is 110 Å². The Morgan fingerprint density at radius 2 is 1.84 bits per heavy atom. The minimum Gasteiger partial charge on any atom is -0.484 e. The van der Waals surface area contributed by atoms with Gasteiger partial charge in [-0.05, 0) is 73.9 Å². The van der Waals surface area contributed by atoms with E-state index in [0.29, 0.717) is 28.6 Å². The molecule has 3 aromatic rings. The summed E-state index contributed by atoms with van der Waals surface area (Å²) in [7, 11) is 0. The lowest BCUT2D eigenvalue weighted by atomic mass is 9.99. The number of halogens is 3. The van der Waals surface area contributed by atoms with Crippen molar-refractivity contribution < 1.29 is 32.6 Å². The van der Waals surface area contributed by atoms with E-state index in [9.17, 15) is 23.2 Å². The third-order valence-electron chi connectivity index (χ3n) is 6.79. The van der Waals surface area contributed by atoms with Gasteiger partial charge in [0.1, 0.15) is 23.3 Å². The van der Waals surface area contributed by atoms with Gasteiger partial charge in [0.15, 0.2) is 0 Å². The number of hydrogen-bond donors (Lipinski definition) is 2. The normalized spacial score (nSPS) is 17.0. The van der Waals surface area contributed by atoms with Crippen molar-refractivity contribution in [2.24, 2.45) is 0 Å². The number of pyridine rings is 1. The maximum atomic E-state index is 13.1. The number of rotatable bonds is 7. The molecule has 0 spiro atoms. The highest BCUT2D eigenvalue weighted by Crippen LogP contribution is 2.40. The average Bonchev–Trinajstić information content (AvgIpc) is 3.37. The lowest BCUT2D eigenvalue weighted by Crippen LogP contribution is -2.58. The summed E-state index contributed by atoms with van der Waals surface area (Å²) in [5.41, 5.74) is 2.95. The van der Waals surface area contributed by atoms with Crippen molar-refractivity contribution in [2.45, 2.75) is 51.4 Å². The third-order valence-corrected chi connectivity index (χ3v) is 7.07. The Kier molecular flexibility index (Phi) is 8.60.